The van der Waals surface area contributed by atoms with Gasteiger partial charge in [-0.3, -0.25) is 4.90 Å². The van der Waals surface area contributed by atoms with Crippen LogP contribution < -0.4 is 9.80 Å². The molecule has 2 fully saturated rings. The lowest BCUT2D eigenvalue weighted by Gasteiger charge is -2.38. The van der Waals surface area contributed by atoms with Crippen LogP contribution in [0.2, 0.25) is 5.02 Å². The summed E-state index contributed by atoms with van der Waals surface area (Å²) in [5.74, 6) is -0.319. The number of hydrogen-bond acceptors (Lipinski definition) is 7. The summed E-state index contributed by atoms with van der Waals surface area (Å²) in [5, 5.41) is 0.723. The van der Waals surface area contributed by atoms with Crippen molar-refractivity contribution in [3.8, 4) is 11.1 Å². The fraction of sp³-hybridized carbons (Fsp3) is 0.412. The number of halogens is 1. The van der Waals surface area contributed by atoms with Gasteiger partial charge in [-0.1, -0.05) is 29.8 Å². The molecule has 0 bridgehead atoms. The van der Waals surface area contributed by atoms with Crippen molar-refractivity contribution in [1.29, 1.82) is 0 Å². The minimum atomic E-state index is -0.499. The lowest BCUT2D eigenvalue weighted by molar-refractivity contribution is 0.0240. The van der Waals surface area contributed by atoms with E-state index in [-0.39, 0.29) is 12.1 Å². The molecule has 43 heavy (non-hydrogen) atoms. The third-order valence-corrected chi connectivity index (χ3v) is 8.21. The minimum Gasteiger partial charge on any atom is -0.465 e. The molecule has 9 heteroatoms. The number of amides is 1. The van der Waals surface area contributed by atoms with Gasteiger partial charge in [0.05, 0.1) is 12.7 Å². The van der Waals surface area contributed by atoms with E-state index in [4.69, 9.17) is 21.1 Å². The first-order chi connectivity index (χ1) is 20.6. The molecule has 5 rings (SSSR count). The van der Waals surface area contributed by atoms with E-state index in [0.29, 0.717) is 18.7 Å². The summed E-state index contributed by atoms with van der Waals surface area (Å²) in [5.41, 5.74) is 5.96. The van der Waals surface area contributed by atoms with Gasteiger partial charge in [-0.2, -0.15) is 0 Å². The molecule has 3 aromatic rings. The van der Waals surface area contributed by atoms with E-state index in [9.17, 15) is 9.59 Å². The number of carbonyl (C=O) groups excluding carboxylic acids is 2. The molecule has 0 aromatic heterocycles. The van der Waals surface area contributed by atoms with Crippen molar-refractivity contribution >= 4 is 35.0 Å². The third-order valence-electron chi connectivity index (χ3n) is 7.96. The van der Waals surface area contributed by atoms with Crippen LogP contribution in [0.3, 0.4) is 0 Å². The highest BCUT2D eigenvalue weighted by molar-refractivity contribution is 6.30. The first-order valence-electron chi connectivity index (χ1n) is 14.9. The Morgan fingerprint density at radius 3 is 1.95 bits per heavy atom. The van der Waals surface area contributed by atoms with Crippen molar-refractivity contribution in [1.82, 2.24) is 9.80 Å². The van der Waals surface area contributed by atoms with Gasteiger partial charge < -0.3 is 24.2 Å². The van der Waals surface area contributed by atoms with Gasteiger partial charge in [-0.05, 0) is 86.0 Å². The van der Waals surface area contributed by atoms with Gasteiger partial charge in [0.2, 0.25) is 0 Å². The fourth-order valence-corrected chi connectivity index (χ4v) is 5.75. The Morgan fingerprint density at radius 1 is 0.767 bits per heavy atom. The zero-order valence-electron chi connectivity index (χ0n) is 25.5. The van der Waals surface area contributed by atoms with Gasteiger partial charge in [0.1, 0.15) is 5.60 Å². The van der Waals surface area contributed by atoms with Crippen LogP contribution in [-0.2, 0) is 16.0 Å². The van der Waals surface area contributed by atoms with Crippen molar-refractivity contribution in [2.75, 3.05) is 69.3 Å². The highest BCUT2D eigenvalue weighted by atomic mass is 35.5. The van der Waals surface area contributed by atoms with Gasteiger partial charge in [0, 0.05) is 75.3 Å². The van der Waals surface area contributed by atoms with Crippen LogP contribution in [0.15, 0.2) is 66.7 Å². The number of ether oxygens (including phenoxy) is 2. The number of carbonyl (C=O) groups is 2. The van der Waals surface area contributed by atoms with E-state index in [2.05, 4.69) is 45.0 Å². The van der Waals surface area contributed by atoms with Crippen molar-refractivity contribution in [2.24, 2.45) is 0 Å². The number of piperazine rings is 2. The average molecular weight is 605 g/mol. The van der Waals surface area contributed by atoms with Crippen LogP contribution in [0.1, 0.15) is 36.7 Å². The number of methoxy groups -OCH3 is 1. The predicted molar refractivity (Wildman–Crippen MR) is 172 cm³/mol. The molecule has 3 aromatic carbocycles. The van der Waals surface area contributed by atoms with Crippen LogP contribution in [0.25, 0.3) is 11.1 Å². The molecule has 1 amide bonds. The molecule has 2 saturated heterocycles. The summed E-state index contributed by atoms with van der Waals surface area (Å²) >= 11 is 6.21. The summed E-state index contributed by atoms with van der Waals surface area (Å²) in [4.78, 5) is 33.4. The standard InChI is InChI=1S/C34H41ClN4O4/c1-34(2,3)43-33(41)39-21-19-38(20-22-39)30-13-14-31(25-5-9-28(35)10-6-25)27(23-30)24-36-15-17-37(18-16-36)29-11-7-26(8-12-29)32(40)42-4/h5-14,23H,15-22,24H2,1-4H3. The molecule has 0 spiro atoms. The molecule has 2 heterocycles. The Labute approximate surface area is 259 Å². The number of rotatable bonds is 6. The minimum absolute atomic E-state index is 0.246. The van der Waals surface area contributed by atoms with Gasteiger partial charge in [-0.25, -0.2) is 9.59 Å². The van der Waals surface area contributed by atoms with Gasteiger partial charge in [0.25, 0.3) is 0 Å². The van der Waals surface area contributed by atoms with E-state index in [1.54, 1.807) is 4.90 Å². The lowest BCUT2D eigenvalue weighted by Crippen LogP contribution is -2.50. The number of hydrogen-bond donors (Lipinski definition) is 0. The number of anilines is 2. The summed E-state index contributed by atoms with van der Waals surface area (Å²) in [6.45, 7) is 13.0. The molecular weight excluding hydrogens is 564 g/mol. The maximum absolute atomic E-state index is 12.6. The summed E-state index contributed by atoms with van der Waals surface area (Å²) in [7, 11) is 1.40. The molecule has 2 aliphatic rings. The SMILES string of the molecule is COC(=O)c1ccc(N2CCN(Cc3cc(N4CCN(C(=O)OC(C)(C)C)CC4)ccc3-c3ccc(Cl)cc3)CC2)cc1. The maximum atomic E-state index is 12.6. The first-order valence-corrected chi connectivity index (χ1v) is 15.2. The second-order valence-corrected chi connectivity index (χ2v) is 12.5. The van der Waals surface area contributed by atoms with Crippen molar-refractivity contribution < 1.29 is 19.1 Å². The topological polar surface area (TPSA) is 65.6 Å². The van der Waals surface area contributed by atoms with Gasteiger partial charge in [0.15, 0.2) is 0 Å². The molecule has 0 aliphatic carbocycles. The van der Waals surface area contributed by atoms with E-state index in [0.717, 1.165) is 62.1 Å². The summed E-state index contributed by atoms with van der Waals surface area (Å²) < 4.78 is 10.4. The molecule has 0 radical (unpaired) electrons. The Hall–Kier alpha value is -3.75. The van der Waals surface area contributed by atoms with Gasteiger partial charge >= 0.3 is 12.1 Å². The molecule has 0 atom stereocenters. The third kappa shape index (κ3) is 7.80. The van der Waals surface area contributed by atoms with E-state index in [1.165, 1.54) is 23.9 Å². The first kappa shape index (κ1) is 30.7. The number of nitrogens with zero attached hydrogens (tertiary/aromatic N) is 4. The van der Waals surface area contributed by atoms with Gasteiger partial charge in [-0.15, -0.1) is 0 Å². The van der Waals surface area contributed by atoms with E-state index >= 15 is 0 Å². The molecule has 0 N–H and O–H groups in total. The molecule has 228 valence electrons. The second kappa shape index (κ2) is 13.3. The smallest absolute Gasteiger partial charge is 0.410 e. The van der Waals surface area contributed by atoms with Crippen LogP contribution >= 0.6 is 11.6 Å². The van der Waals surface area contributed by atoms with Crippen LogP contribution in [0.5, 0.6) is 0 Å². The Bertz CT molecular complexity index is 1410. The Morgan fingerprint density at radius 2 is 1.35 bits per heavy atom. The lowest BCUT2D eigenvalue weighted by atomic mass is 9.98. The number of benzene rings is 3. The quantitative estimate of drug-likeness (QED) is 0.312. The maximum Gasteiger partial charge on any atom is 0.410 e. The normalized spacial score (nSPS) is 16.3. The van der Waals surface area contributed by atoms with Crippen LogP contribution in [0.4, 0.5) is 16.2 Å². The van der Waals surface area contributed by atoms with E-state index < -0.39 is 5.60 Å². The molecule has 0 unspecified atom stereocenters. The molecule has 8 nitrogen and oxygen atoms in total. The van der Waals surface area contributed by atoms with E-state index in [1.807, 2.05) is 57.2 Å². The largest absolute Gasteiger partial charge is 0.465 e. The van der Waals surface area contributed by atoms with Crippen LogP contribution in [-0.4, -0.2) is 86.9 Å². The summed E-state index contributed by atoms with van der Waals surface area (Å²) in [6.07, 6.45) is -0.246. The molecule has 2 aliphatic heterocycles. The Balaban J connectivity index is 1.28. The zero-order valence-corrected chi connectivity index (χ0v) is 26.3. The Kier molecular flexibility index (Phi) is 9.47. The number of esters is 1. The van der Waals surface area contributed by atoms with Crippen LogP contribution in [0, 0.1) is 0 Å². The van der Waals surface area contributed by atoms with Crippen molar-refractivity contribution in [2.45, 2.75) is 32.9 Å². The highest BCUT2D eigenvalue weighted by Gasteiger charge is 2.27. The summed E-state index contributed by atoms with van der Waals surface area (Å²) in [6, 6.07) is 22.4. The predicted octanol–water partition coefficient (Wildman–Crippen LogP) is 6.17. The zero-order chi connectivity index (χ0) is 30.6. The van der Waals surface area contributed by atoms with Crippen molar-refractivity contribution in [3.63, 3.8) is 0 Å². The highest BCUT2D eigenvalue weighted by Crippen LogP contribution is 2.31. The molecular formula is C34H41ClN4O4. The van der Waals surface area contributed by atoms with Crippen molar-refractivity contribution in [3.05, 3.63) is 82.9 Å². The second-order valence-electron chi connectivity index (χ2n) is 12.1. The average Bonchev–Trinajstić information content (AvgIpc) is 3.01. The monoisotopic (exact) mass is 604 g/mol. The molecule has 0 saturated carbocycles. The fourth-order valence-electron chi connectivity index (χ4n) is 5.62.